The molecule has 0 fully saturated rings. The van der Waals surface area contributed by atoms with Crippen LogP contribution in [0.4, 0.5) is 0 Å². The van der Waals surface area contributed by atoms with E-state index in [0.717, 1.165) is 24.2 Å². The predicted octanol–water partition coefficient (Wildman–Crippen LogP) is 3.70. The van der Waals surface area contributed by atoms with Crippen LogP contribution in [0.2, 0.25) is 10.0 Å². The summed E-state index contributed by atoms with van der Waals surface area (Å²) in [7, 11) is 0. The minimum absolute atomic E-state index is 0.0527. The maximum absolute atomic E-state index is 11.1. The smallest absolute Gasteiger partial charge is 0.356 e. The summed E-state index contributed by atoms with van der Waals surface area (Å²) in [6.07, 6.45) is 2.06. The summed E-state index contributed by atoms with van der Waals surface area (Å²) in [5.74, 6) is -0.511. The number of rotatable bonds is 4. The Morgan fingerprint density at radius 1 is 1.20 bits per heavy atom. The molecule has 2 N–H and O–H groups in total. The quantitative estimate of drug-likeness (QED) is 0.625. The van der Waals surface area contributed by atoms with E-state index in [1.165, 1.54) is 0 Å². The Bertz CT molecular complexity index is 799. The van der Waals surface area contributed by atoms with Crippen LogP contribution in [0.1, 0.15) is 34.6 Å². The molecule has 0 atom stereocenters. The van der Waals surface area contributed by atoms with Gasteiger partial charge in [-0.05, 0) is 42.7 Å². The Balaban J connectivity index is 1.66. The molecule has 3 rings (SSSR count). The summed E-state index contributed by atoms with van der Waals surface area (Å²) in [6, 6.07) is 6.99. The molecule has 0 spiro atoms. The number of amidine groups is 1. The lowest BCUT2D eigenvalue weighted by atomic mass is 10.1. The molecule has 6 nitrogen and oxygen atoms in total. The van der Waals surface area contributed by atoms with Gasteiger partial charge in [0.15, 0.2) is 5.69 Å². The van der Waals surface area contributed by atoms with Crippen LogP contribution < -0.4 is 0 Å². The molecule has 0 radical (unpaired) electrons. The van der Waals surface area contributed by atoms with Gasteiger partial charge in [-0.15, -0.1) is 0 Å². The number of hydrogen-bond acceptors (Lipinski definition) is 3. The molecule has 0 saturated carbocycles. The molecule has 2 aromatic rings. The number of halogens is 2. The van der Waals surface area contributed by atoms with Crippen molar-refractivity contribution in [3.63, 3.8) is 0 Å². The van der Waals surface area contributed by atoms with Gasteiger partial charge < -0.3 is 10.0 Å². The van der Waals surface area contributed by atoms with Crippen LogP contribution in [-0.2, 0) is 19.5 Å². The molecule has 1 aromatic carbocycles. The molecule has 0 bridgehead atoms. The van der Waals surface area contributed by atoms with Crippen molar-refractivity contribution in [2.45, 2.75) is 32.4 Å². The van der Waals surface area contributed by atoms with Gasteiger partial charge in [-0.3, -0.25) is 10.1 Å². The number of carboxylic acids is 1. The van der Waals surface area contributed by atoms with Crippen molar-refractivity contribution >= 4 is 35.0 Å². The fourth-order valence-corrected chi connectivity index (χ4v) is 3.54. The van der Waals surface area contributed by atoms with Gasteiger partial charge in [0.25, 0.3) is 0 Å². The second kappa shape index (κ2) is 7.45. The second-order valence-electron chi connectivity index (χ2n) is 6.05. The summed E-state index contributed by atoms with van der Waals surface area (Å²) in [6.45, 7) is 1.91. The number of aromatic nitrogens is 2. The molecular formula is C17H18Cl2N4O2. The van der Waals surface area contributed by atoms with E-state index in [9.17, 15) is 4.79 Å². The summed E-state index contributed by atoms with van der Waals surface area (Å²) >= 11 is 12.0. The zero-order chi connectivity index (χ0) is 18.0. The number of nitrogens with zero attached hydrogens (tertiary/aromatic N) is 3. The highest BCUT2D eigenvalue weighted by molar-refractivity contribution is 6.34. The number of fused-ring (bicyclic) bond motifs is 1. The van der Waals surface area contributed by atoms with E-state index in [1.54, 1.807) is 16.8 Å². The van der Waals surface area contributed by atoms with Gasteiger partial charge >= 0.3 is 5.97 Å². The predicted molar refractivity (Wildman–Crippen MR) is 96.7 cm³/mol. The van der Waals surface area contributed by atoms with Crippen molar-refractivity contribution in [1.82, 2.24) is 14.7 Å². The normalized spacial score (nSPS) is 14.1. The van der Waals surface area contributed by atoms with Crippen LogP contribution in [0.25, 0.3) is 0 Å². The Hall–Kier alpha value is -2.05. The Kier molecular flexibility index (Phi) is 5.30. The average molecular weight is 381 g/mol. The molecular weight excluding hydrogens is 363 g/mol. The average Bonchev–Trinajstić information content (AvgIpc) is 2.84. The van der Waals surface area contributed by atoms with E-state index in [-0.39, 0.29) is 5.69 Å². The molecule has 132 valence electrons. The number of hydrogen-bond donors (Lipinski definition) is 2. The van der Waals surface area contributed by atoms with Crippen LogP contribution in [-0.4, -0.2) is 38.1 Å². The third kappa shape index (κ3) is 4.32. The highest BCUT2D eigenvalue weighted by atomic mass is 35.5. The van der Waals surface area contributed by atoms with E-state index in [4.69, 9.17) is 33.7 Å². The first-order valence-electron chi connectivity index (χ1n) is 8.00. The van der Waals surface area contributed by atoms with Crippen LogP contribution in [0.15, 0.2) is 24.3 Å². The van der Waals surface area contributed by atoms with Gasteiger partial charge in [0.1, 0.15) is 0 Å². The van der Waals surface area contributed by atoms with Crippen molar-refractivity contribution in [2.24, 2.45) is 0 Å². The monoisotopic (exact) mass is 380 g/mol. The van der Waals surface area contributed by atoms with Crippen molar-refractivity contribution in [1.29, 1.82) is 5.41 Å². The number of benzene rings is 1. The molecule has 25 heavy (non-hydrogen) atoms. The molecule has 0 unspecified atom stereocenters. The Labute approximate surface area is 155 Å². The van der Waals surface area contributed by atoms with Gasteiger partial charge in [0.05, 0.1) is 18.1 Å². The first-order valence-corrected chi connectivity index (χ1v) is 8.75. The number of nitrogens with one attached hydrogen (secondary N) is 1. The Morgan fingerprint density at radius 3 is 2.60 bits per heavy atom. The first-order chi connectivity index (χ1) is 11.9. The van der Waals surface area contributed by atoms with Crippen molar-refractivity contribution in [3.8, 4) is 0 Å². The molecule has 1 aliphatic rings. The van der Waals surface area contributed by atoms with Gasteiger partial charge in [-0.2, -0.15) is 5.10 Å². The summed E-state index contributed by atoms with van der Waals surface area (Å²) < 4.78 is 1.73. The van der Waals surface area contributed by atoms with Gasteiger partial charge in [0, 0.05) is 29.6 Å². The lowest BCUT2D eigenvalue weighted by molar-refractivity contribution is 0.0689. The van der Waals surface area contributed by atoms with Crippen LogP contribution in [0.3, 0.4) is 0 Å². The summed E-state index contributed by atoms with van der Waals surface area (Å²) in [4.78, 5) is 13.1. The van der Waals surface area contributed by atoms with Crippen LogP contribution >= 0.6 is 23.2 Å². The Morgan fingerprint density at radius 2 is 1.92 bits per heavy atom. The maximum Gasteiger partial charge on any atom is 0.356 e. The highest BCUT2D eigenvalue weighted by Gasteiger charge is 2.20. The number of carbonyl (C=O) groups is 1. The van der Waals surface area contributed by atoms with E-state index >= 15 is 0 Å². The molecule has 0 aliphatic carbocycles. The number of aryl methyl sites for hydroxylation is 2. The van der Waals surface area contributed by atoms with Gasteiger partial charge in [-0.1, -0.05) is 23.2 Å². The maximum atomic E-state index is 11.1. The number of carboxylic acid groups (broad SMARTS) is 1. The van der Waals surface area contributed by atoms with E-state index in [1.807, 2.05) is 17.0 Å². The molecule has 1 aromatic heterocycles. The van der Waals surface area contributed by atoms with Crippen molar-refractivity contribution < 1.29 is 9.90 Å². The van der Waals surface area contributed by atoms with Crippen LogP contribution in [0.5, 0.6) is 0 Å². The SMILES string of the molecule is N=C(CCc1cc(Cl)cc(Cl)c1)N1CCCn2nc(C(=O)O)cc2C1. The largest absolute Gasteiger partial charge is 0.476 e. The summed E-state index contributed by atoms with van der Waals surface area (Å²) in [5, 5.41) is 22.8. The third-order valence-corrected chi connectivity index (χ3v) is 4.62. The second-order valence-corrected chi connectivity index (χ2v) is 6.92. The minimum atomic E-state index is -1.03. The number of aromatic carboxylic acids is 1. The van der Waals surface area contributed by atoms with Gasteiger partial charge in [0.2, 0.25) is 0 Å². The lowest BCUT2D eigenvalue weighted by Gasteiger charge is -2.23. The third-order valence-electron chi connectivity index (χ3n) is 4.19. The fourth-order valence-electron chi connectivity index (χ4n) is 2.97. The van der Waals surface area contributed by atoms with E-state index in [0.29, 0.717) is 41.8 Å². The molecule has 8 heteroatoms. The van der Waals surface area contributed by atoms with E-state index < -0.39 is 5.97 Å². The topological polar surface area (TPSA) is 82.2 Å². The van der Waals surface area contributed by atoms with Crippen molar-refractivity contribution in [3.05, 3.63) is 51.3 Å². The van der Waals surface area contributed by atoms with Gasteiger partial charge in [-0.25, -0.2) is 4.79 Å². The minimum Gasteiger partial charge on any atom is -0.476 e. The summed E-state index contributed by atoms with van der Waals surface area (Å²) in [5.41, 5.74) is 1.87. The van der Waals surface area contributed by atoms with Crippen LogP contribution in [0, 0.1) is 5.41 Å². The fraction of sp³-hybridized carbons (Fsp3) is 0.353. The van der Waals surface area contributed by atoms with Crippen molar-refractivity contribution in [2.75, 3.05) is 6.54 Å². The molecule has 0 saturated heterocycles. The zero-order valence-electron chi connectivity index (χ0n) is 13.5. The molecule has 0 amide bonds. The first kappa shape index (κ1) is 17.8. The van der Waals surface area contributed by atoms with E-state index in [2.05, 4.69) is 5.10 Å². The highest BCUT2D eigenvalue weighted by Crippen LogP contribution is 2.21. The molecule has 2 heterocycles. The standard InChI is InChI=1S/C17H18Cl2N4O2/c18-12-6-11(7-13(19)8-12)2-3-16(20)22-4-1-5-23-14(10-22)9-15(21-23)17(24)25/h6-9,20H,1-5,10H2,(H,24,25). The molecule has 1 aliphatic heterocycles. The zero-order valence-corrected chi connectivity index (χ0v) is 15.0. The lowest BCUT2D eigenvalue weighted by Crippen LogP contribution is -2.30.